The summed E-state index contributed by atoms with van der Waals surface area (Å²) in [5.74, 6) is 0.534. The van der Waals surface area contributed by atoms with Crippen LogP contribution in [0.25, 0.3) is 0 Å². The Balaban J connectivity index is 0.00000184. The maximum absolute atomic E-state index is 11.8. The number of aryl methyl sites for hydroxylation is 1. The molecule has 5 heteroatoms. The van der Waals surface area contributed by atoms with Gasteiger partial charge < -0.3 is 25.1 Å². The molecule has 0 spiro atoms. The van der Waals surface area contributed by atoms with Crippen LogP contribution in [0.1, 0.15) is 85.3 Å². The smallest absolute Gasteiger partial charge is 0.161 e. The fourth-order valence-corrected chi connectivity index (χ4v) is 4.64. The molecule has 1 aliphatic heterocycles. The van der Waals surface area contributed by atoms with Gasteiger partial charge in [-0.2, -0.15) is 0 Å². The van der Waals surface area contributed by atoms with Crippen LogP contribution in [0.15, 0.2) is 12.1 Å². The van der Waals surface area contributed by atoms with E-state index >= 15 is 0 Å². The first-order chi connectivity index (χ1) is 13.9. The number of hydrogen-bond acceptors (Lipinski definition) is 5. The van der Waals surface area contributed by atoms with Crippen molar-refractivity contribution in [1.82, 2.24) is 5.32 Å². The van der Waals surface area contributed by atoms with Gasteiger partial charge >= 0.3 is 0 Å². The van der Waals surface area contributed by atoms with Gasteiger partial charge in [0.1, 0.15) is 6.29 Å². The zero-order valence-electron chi connectivity index (χ0n) is 19.8. The van der Waals surface area contributed by atoms with Crippen molar-refractivity contribution in [3.05, 3.63) is 23.3 Å². The summed E-state index contributed by atoms with van der Waals surface area (Å²) in [6, 6.07) is 3.56. The van der Waals surface area contributed by atoms with Gasteiger partial charge in [-0.3, -0.25) is 0 Å². The van der Waals surface area contributed by atoms with Gasteiger partial charge in [-0.15, -0.1) is 0 Å². The van der Waals surface area contributed by atoms with E-state index in [1.165, 1.54) is 7.11 Å². The van der Waals surface area contributed by atoms with E-state index in [1.54, 1.807) is 6.07 Å². The van der Waals surface area contributed by atoms with Gasteiger partial charge in [0.05, 0.1) is 12.7 Å². The number of rotatable bonds is 7. The molecule has 3 unspecified atom stereocenters. The van der Waals surface area contributed by atoms with Crippen LogP contribution in [0.2, 0.25) is 0 Å². The second-order valence-electron chi connectivity index (χ2n) is 7.00. The zero-order valence-corrected chi connectivity index (χ0v) is 19.8. The summed E-state index contributed by atoms with van der Waals surface area (Å²) in [6.07, 6.45) is 3.61. The summed E-state index contributed by atoms with van der Waals surface area (Å²) in [7, 11) is 1.53. The maximum atomic E-state index is 11.8. The molecular weight excluding hydrogens is 366 g/mol. The zero-order chi connectivity index (χ0) is 22.7. The topological polar surface area (TPSA) is 78.8 Å². The molecule has 0 amide bonds. The molecule has 3 atom stereocenters. The lowest BCUT2D eigenvalue weighted by atomic mass is 9.56. The molecule has 1 aromatic rings. The number of ether oxygens (including phenoxy) is 1. The van der Waals surface area contributed by atoms with E-state index in [1.807, 2.05) is 54.5 Å². The second kappa shape index (κ2) is 12.9. The molecule has 1 saturated heterocycles. The summed E-state index contributed by atoms with van der Waals surface area (Å²) >= 11 is 0. The number of nitrogens with one attached hydrogen (secondary N) is 1. The van der Waals surface area contributed by atoms with Gasteiger partial charge in [-0.1, -0.05) is 47.6 Å². The number of phenols is 1. The molecule has 3 N–H and O–H groups in total. The van der Waals surface area contributed by atoms with E-state index in [9.17, 15) is 15.0 Å². The van der Waals surface area contributed by atoms with Crippen LogP contribution in [-0.2, 0) is 16.6 Å². The fraction of sp³-hybridized carbons (Fsp3) is 0.708. The van der Waals surface area contributed by atoms with Crippen molar-refractivity contribution in [3.8, 4) is 11.5 Å². The first-order valence-corrected chi connectivity index (χ1v) is 11.2. The molecule has 0 bridgehead atoms. The number of carbonyl (C=O) groups is 1. The lowest BCUT2D eigenvalue weighted by Gasteiger charge is -2.55. The second-order valence-corrected chi connectivity index (χ2v) is 7.00. The highest BCUT2D eigenvalue weighted by Crippen LogP contribution is 2.53. The lowest BCUT2D eigenvalue weighted by molar-refractivity contribution is -0.116. The third-order valence-corrected chi connectivity index (χ3v) is 6.10. The predicted molar refractivity (Wildman–Crippen MR) is 121 cm³/mol. The Morgan fingerprint density at radius 3 is 2.34 bits per heavy atom. The molecule has 1 aromatic carbocycles. The standard InChI is InChI=1S/C20H31NO4.2C2H6/c1-5-15-8-9-16(25-4)18(23)17(15)19(6-2)11-12-21-14(3)20(19,24)10-7-13-22;2*1-2/h8-9,13-14,21,23-24H,5-7,10-12H2,1-4H3;2*1-2H3. The summed E-state index contributed by atoms with van der Waals surface area (Å²) in [6.45, 7) is 14.8. The average molecular weight is 410 g/mol. The minimum absolute atomic E-state index is 0.113. The van der Waals surface area contributed by atoms with E-state index in [-0.39, 0.29) is 18.2 Å². The van der Waals surface area contributed by atoms with E-state index < -0.39 is 11.0 Å². The van der Waals surface area contributed by atoms with Crippen LogP contribution >= 0.6 is 0 Å². The highest BCUT2D eigenvalue weighted by atomic mass is 16.5. The Kier molecular flexibility index (Phi) is 12.2. The fourth-order valence-electron chi connectivity index (χ4n) is 4.64. The number of methoxy groups -OCH3 is 1. The molecule has 0 saturated carbocycles. The third-order valence-electron chi connectivity index (χ3n) is 6.10. The average Bonchev–Trinajstić information content (AvgIpc) is 2.77. The molecule has 5 nitrogen and oxygen atoms in total. The molecule has 0 aliphatic carbocycles. The monoisotopic (exact) mass is 409 g/mol. The van der Waals surface area contributed by atoms with Crippen LogP contribution in [0, 0.1) is 0 Å². The van der Waals surface area contributed by atoms with Crippen LogP contribution in [-0.4, -0.2) is 41.8 Å². The van der Waals surface area contributed by atoms with E-state index in [4.69, 9.17) is 4.74 Å². The van der Waals surface area contributed by atoms with Gasteiger partial charge in [0.25, 0.3) is 0 Å². The van der Waals surface area contributed by atoms with Crippen molar-refractivity contribution in [2.24, 2.45) is 0 Å². The van der Waals surface area contributed by atoms with Gasteiger partial charge in [0, 0.05) is 23.4 Å². The highest BCUT2D eigenvalue weighted by molar-refractivity contribution is 5.56. The molecular formula is C24H43NO4. The Morgan fingerprint density at radius 2 is 1.86 bits per heavy atom. The first-order valence-electron chi connectivity index (χ1n) is 11.2. The Morgan fingerprint density at radius 1 is 1.24 bits per heavy atom. The molecule has 0 radical (unpaired) electrons. The molecule has 168 valence electrons. The van der Waals surface area contributed by atoms with Crippen LogP contribution in [0.4, 0.5) is 0 Å². The summed E-state index contributed by atoms with van der Waals surface area (Å²) in [5, 5.41) is 26.1. The number of aldehydes is 1. The number of benzene rings is 1. The van der Waals surface area contributed by atoms with E-state index in [2.05, 4.69) is 5.32 Å². The summed E-state index contributed by atoms with van der Waals surface area (Å²) in [4.78, 5) is 11.0. The van der Waals surface area contributed by atoms with Crippen LogP contribution < -0.4 is 10.1 Å². The first kappa shape index (κ1) is 27.4. The van der Waals surface area contributed by atoms with Crippen molar-refractivity contribution in [1.29, 1.82) is 0 Å². The Labute approximate surface area is 177 Å². The van der Waals surface area contributed by atoms with Crippen molar-refractivity contribution < 1.29 is 19.7 Å². The molecule has 1 heterocycles. The molecule has 2 rings (SSSR count). The third kappa shape index (κ3) is 5.13. The Hall–Kier alpha value is -1.59. The largest absolute Gasteiger partial charge is 0.504 e. The minimum atomic E-state index is -1.13. The van der Waals surface area contributed by atoms with Crippen LogP contribution in [0.5, 0.6) is 11.5 Å². The minimum Gasteiger partial charge on any atom is -0.504 e. The number of aromatic hydroxyl groups is 1. The number of piperidine rings is 1. The summed E-state index contributed by atoms with van der Waals surface area (Å²) in [5.41, 5.74) is 0.0247. The SMILES string of the molecule is CC.CC.CCc1ccc(OC)c(O)c1C1(CC)CCNC(C)C1(O)CCC=O. The number of hydrogen-bond donors (Lipinski definition) is 3. The highest BCUT2D eigenvalue weighted by Gasteiger charge is 2.56. The van der Waals surface area contributed by atoms with E-state index in [0.29, 0.717) is 25.0 Å². The lowest BCUT2D eigenvalue weighted by Crippen LogP contribution is -2.66. The number of phenolic OH excluding ortho intramolecular Hbond substituents is 1. The van der Waals surface area contributed by atoms with Crippen molar-refractivity contribution in [2.75, 3.05) is 13.7 Å². The predicted octanol–water partition coefficient (Wildman–Crippen LogP) is 4.76. The van der Waals surface area contributed by atoms with Gasteiger partial charge in [0.2, 0.25) is 0 Å². The van der Waals surface area contributed by atoms with Crippen molar-refractivity contribution in [3.63, 3.8) is 0 Å². The number of carbonyl (C=O) groups excluding carboxylic acids is 1. The molecule has 0 aromatic heterocycles. The normalized spacial score (nSPS) is 25.8. The van der Waals surface area contributed by atoms with Gasteiger partial charge in [-0.25, -0.2) is 0 Å². The van der Waals surface area contributed by atoms with E-state index in [0.717, 1.165) is 30.4 Å². The summed E-state index contributed by atoms with van der Waals surface area (Å²) < 4.78 is 5.34. The van der Waals surface area contributed by atoms with Gasteiger partial charge in [0.15, 0.2) is 11.5 Å². The maximum Gasteiger partial charge on any atom is 0.161 e. The van der Waals surface area contributed by atoms with Crippen molar-refractivity contribution in [2.45, 2.75) is 97.6 Å². The van der Waals surface area contributed by atoms with Gasteiger partial charge in [-0.05, 0) is 50.8 Å². The number of aliphatic hydroxyl groups is 1. The quantitative estimate of drug-likeness (QED) is 0.566. The Bertz CT molecular complexity index is 619. The van der Waals surface area contributed by atoms with Crippen molar-refractivity contribution >= 4 is 6.29 Å². The van der Waals surface area contributed by atoms with Crippen LogP contribution in [0.3, 0.4) is 0 Å². The molecule has 29 heavy (non-hydrogen) atoms. The molecule has 1 aliphatic rings. The molecule has 1 fully saturated rings.